The summed E-state index contributed by atoms with van der Waals surface area (Å²) < 4.78 is 9.93. The van der Waals surface area contributed by atoms with E-state index in [1.165, 1.54) is 31.0 Å². The van der Waals surface area contributed by atoms with E-state index in [0.717, 1.165) is 4.90 Å². The number of anilines is 1. The Balaban J connectivity index is 1.86. The Morgan fingerprint density at radius 1 is 0.966 bits per heavy atom. The van der Waals surface area contributed by atoms with E-state index in [2.05, 4.69) is 0 Å². The number of hydrogen-bond donors (Lipinski definition) is 0. The van der Waals surface area contributed by atoms with Crippen LogP contribution in [0, 0.1) is 0 Å². The molecule has 150 valence electrons. The summed E-state index contributed by atoms with van der Waals surface area (Å²) in [4.78, 5) is 39.7. The molecule has 0 radical (unpaired) electrons. The topological polar surface area (TPSA) is 72.9 Å². The smallest absolute Gasteiger partial charge is 0.338 e. The third kappa shape index (κ3) is 4.41. The van der Waals surface area contributed by atoms with E-state index in [4.69, 9.17) is 9.47 Å². The van der Waals surface area contributed by atoms with E-state index in [-0.39, 0.29) is 18.4 Å². The Morgan fingerprint density at radius 2 is 1.66 bits per heavy atom. The summed E-state index contributed by atoms with van der Waals surface area (Å²) in [6, 6.07) is 15.4. The van der Waals surface area contributed by atoms with Gasteiger partial charge in [0, 0.05) is 7.11 Å². The van der Waals surface area contributed by atoms with E-state index in [9.17, 15) is 14.4 Å². The molecule has 2 amide bonds. The van der Waals surface area contributed by atoms with Crippen LogP contribution in [0.15, 0.2) is 59.5 Å². The van der Waals surface area contributed by atoms with Crippen LogP contribution < -0.4 is 4.90 Å². The summed E-state index contributed by atoms with van der Waals surface area (Å²) in [5.41, 5.74) is 1.87. The average molecular weight is 411 g/mol. The van der Waals surface area contributed by atoms with Gasteiger partial charge in [-0.2, -0.15) is 0 Å². The van der Waals surface area contributed by atoms with E-state index in [1.807, 2.05) is 37.3 Å². The predicted octanol–water partition coefficient (Wildman–Crippen LogP) is 3.53. The van der Waals surface area contributed by atoms with Gasteiger partial charge in [-0.25, -0.2) is 9.69 Å². The Bertz CT molecular complexity index is 937. The largest absolute Gasteiger partial charge is 0.460 e. The average Bonchev–Trinajstić information content (AvgIpc) is 2.99. The number of nitrogens with zero attached hydrogens (tertiary/aromatic N) is 1. The molecule has 7 heteroatoms. The van der Waals surface area contributed by atoms with E-state index in [1.54, 1.807) is 12.1 Å². The van der Waals surface area contributed by atoms with Crippen LogP contribution in [-0.2, 0) is 19.1 Å². The molecular weight excluding hydrogens is 390 g/mol. The number of benzene rings is 2. The molecule has 2 aromatic rings. The van der Waals surface area contributed by atoms with E-state index >= 15 is 0 Å². The minimum Gasteiger partial charge on any atom is -0.460 e. The number of rotatable bonds is 8. The summed E-state index contributed by atoms with van der Waals surface area (Å²) in [6.45, 7) is 2.40. The fourth-order valence-electron chi connectivity index (χ4n) is 2.93. The molecule has 0 unspecified atom stereocenters. The lowest BCUT2D eigenvalue weighted by Crippen LogP contribution is -2.31. The van der Waals surface area contributed by atoms with Gasteiger partial charge in [0.15, 0.2) is 0 Å². The predicted molar refractivity (Wildman–Crippen MR) is 113 cm³/mol. The van der Waals surface area contributed by atoms with Crippen molar-refractivity contribution in [3.63, 3.8) is 0 Å². The van der Waals surface area contributed by atoms with Crippen LogP contribution in [0.4, 0.5) is 5.69 Å². The summed E-state index contributed by atoms with van der Waals surface area (Å²) >= 11 is 1.35. The van der Waals surface area contributed by atoms with Gasteiger partial charge in [0.2, 0.25) is 0 Å². The monoisotopic (exact) mass is 411 g/mol. The van der Waals surface area contributed by atoms with Gasteiger partial charge in [0.05, 0.1) is 28.3 Å². The number of esters is 1. The van der Waals surface area contributed by atoms with Crippen molar-refractivity contribution in [2.45, 2.75) is 6.92 Å². The molecule has 2 aromatic carbocycles. The third-order valence-electron chi connectivity index (χ3n) is 4.27. The third-order valence-corrected chi connectivity index (χ3v) is 5.23. The van der Waals surface area contributed by atoms with Gasteiger partial charge in [-0.15, -0.1) is 11.8 Å². The lowest BCUT2D eigenvalue weighted by atomic mass is 10.1. The molecule has 0 saturated heterocycles. The molecule has 0 aliphatic carbocycles. The highest BCUT2D eigenvalue weighted by Crippen LogP contribution is 2.38. The number of ether oxygens (including phenoxy) is 2. The molecule has 29 heavy (non-hydrogen) atoms. The SMILES string of the molecule is CCSC1=C(c2ccccc2)C(=O)N(c2ccc(C(=O)OCCOC)cc2)C1=O. The Hall–Kier alpha value is -2.90. The summed E-state index contributed by atoms with van der Waals surface area (Å²) in [5.74, 6) is -0.535. The molecule has 0 N–H and O–H groups in total. The normalized spacial score (nSPS) is 13.9. The number of imide groups is 1. The number of amides is 2. The first kappa shape index (κ1) is 20.8. The molecule has 0 atom stereocenters. The second-order valence-corrected chi connectivity index (χ2v) is 7.40. The summed E-state index contributed by atoms with van der Waals surface area (Å²) in [7, 11) is 1.52. The molecule has 1 aliphatic rings. The van der Waals surface area contributed by atoms with Gasteiger partial charge in [-0.1, -0.05) is 37.3 Å². The first-order valence-corrected chi connectivity index (χ1v) is 10.1. The zero-order chi connectivity index (χ0) is 20.8. The number of methoxy groups -OCH3 is 1. The maximum atomic E-state index is 13.1. The lowest BCUT2D eigenvalue weighted by Gasteiger charge is -2.15. The maximum absolute atomic E-state index is 13.1. The molecule has 1 heterocycles. The Morgan fingerprint density at radius 3 is 2.28 bits per heavy atom. The van der Waals surface area contributed by atoms with Crippen LogP contribution in [0.2, 0.25) is 0 Å². The number of thioether (sulfide) groups is 1. The molecule has 6 nitrogen and oxygen atoms in total. The molecule has 0 fully saturated rings. The lowest BCUT2D eigenvalue weighted by molar-refractivity contribution is -0.119. The minimum atomic E-state index is -0.488. The molecule has 3 rings (SSSR count). The van der Waals surface area contributed by atoms with Gasteiger partial charge < -0.3 is 9.47 Å². The van der Waals surface area contributed by atoms with Gasteiger partial charge in [-0.3, -0.25) is 9.59 Å². The first-order chi connectivity index (χ1) is 14.1. The first-order valence-electron chi connectivity index (χ1n) is 9.15. The van der Waals surface area contributed by atoms with Crippen molar-refractivity contribution < 1.29 is 23.9 Å². The standard InChI is InChI=1S/C22H21NO5S/c1-3-29-19-18(15-7-5-4-6-8-15)20(24)23(21(19)25)17-11-9-16(10-12-17)22(26)28-14-13-27-2/h4-12H,3,13-14H2,1-2H3. The van der Waals surface area contributed by atoms with Crippen molar-refractivity contribution in [1.29, 1.82) is 0 Å². The Labute approximate surface area is 173 Å². The van der Waals surface area contributed by atoms with Crippen LogP contribution in [0.3, 0.4) is 0 Å². The van der Waals surface area contributed by atoms with Crippen LogP contribution in [0.1, 0.15) is 22.8 Å². The van der Waals surface area contributed by atoms with Crippen molar-refractivity contribution in [1.82, 2.24) is 0 Å². The molecular formula is C22H21NO5S. The summed E-state index contributed by atoms with van der Waals surface area (Å²) in [5, 5.41) is 0. The van der Waals surface area contributed by atoms with Gasteiger partial charge in [0.1, 0.15) is 6.61 Å². The zero-order valence-corrected chi connectivity index (χ0v) is 17.0. The second kappa shape index (κ2) is 9.54. The van der Waals surface area contributed by atoms with Crippen molar-refractivity contribution in [2.75, 3.05) is 31.0 Å². The fourth-order valence-corrected chi connectivity index (χ4v) is 3.78. The highest BCUT2D eigenvalue weighted by Gasteiger charge is 2.39. The molecule has 0 aromatic heterocycles. The quantitative estimate of drug-likeness (QED) is 0.376. The minimum absolute atomic E-state index is 0.155. The Kier molecular flexibility index (Phi) is 6.85. The maximum Gasteiger partial charge on any atom is 0.338 e. The molecule has 1 aliphatic heterocycles. The number of hydrogen-bond acceptors (Lipinski definition) is 6. The second-order valence-electron chi connectivity index (χ2n) is 6.12. The van der Waals surface area contributed by atoms with Crippen LogP contribution >= 0.6 is 11.8 Å². The van der Waals surface area contributed by atoms with E-state index < -0.39 is 5.97 Å². The number of carbonyl (C=O) groups excluding carboxylic acids is 3. The number of carbonyl (C=O) groups is 3. The highest BCUT2D eigenvalue weighted by molar-refractivity contribution is 8.04. The molecule has 0 bridgehead atoms. The van der Waals surface area contributed by atoms with Gasteiger partial charge in [-0.05, 0) is 35.6 Å². The van der Waals surface area contributed by atoms with Crippen molar-refractivity contribution in [3.05, 3.63) is 70.6 Å². The summed E-state index contributed by atoms with van der Waals surface area (Å²) in [6.07, 6.45) is 0. The van der Waals surface area contributed by atoms with Crippen molar-refractivity contribution in [2.24, 2.45) is 0 Å². The zero-order valence-electron chi connectivity index (χ0n) is 16.2. The van der Waals surface area contributed by atoms with Crippen molar-refractivity contribution in [3.8, 4) is 0 Å². The van der Waals surface area contributed by atoms with Crippen LogP contribution in [0.5, 0.6) is 0 Å². The van der Waals surface area contributed by atoms with Crippen molar-refractivity contribution >= 4 is 40.8 Å². The highest BCUT2D eigenvalue weighted by atomic mass is 32.2. The van der Waals surface area contributed by atoms with Crippen LogP contribution in [0.25, 0.3) is 5.57 Å². The van der Waals surface area contributed by atoms with E-state index in [0.29, 0.717) is 39.7 Å². The van der Waals surface area contributed by atoms with Gasteiger partial charge in [0.25, 0.3) is 11.8 Å². The van der Waals surface area contributed by atoms with Gasteiger partial charge >= 0.3 is 5.97 Å². The fraction of sp³-hybridized carbons (Fsp3) is 0.227. The molecule has 0 saturated carbocycles. The molecule has 0 spiro atoms. The van der Waals surface area contributed by atoms with Crippen LogP contribution in [-0.4, -0.2) is 43.9 Å².